The van der Waals surface area contributed by atoms with Gasteiger partial charge >= 0.3 is 0 Å². The molecule has 0 spiro atoms. The lowest BCUT2D eigenvalue weighted by molar-refractivity contribution is -0.163. The maximum Gasteiger partial charge on any atom is 0.146 e. The molecule has 4 fully saturated rings. The van der Waals surface area contributed by atoms with Crippen LogP contribution < -0.4 is 0 Å². The van der Waals surface area contributed by atoms with Crippen molar-refractivity contribution in [1.29, 1.82) is 0 Å². The molecule has 0 aromatic carbocycles. The summed E-state index contributed by atoms with van der Waals surface area (Å²) in [6.07, 6.45) is 24.1. The normalized spacial score (nSPS) is 32.1. The Kier molecular flexibility index (Phi) is 11.5. The zero-order chi connectivity index (χ0) is 28.8. The van der Waals surface area contributed by atoms with E-state index in [0.717, 1.165) is 64.2 Å². The van der Waals surface area contributed by atoms with Gasteiger partial charge in [-0.1, -0.05) is 66.2 Å². The summed E-state index contributed by atoms with van der Waals surface area (Å²) in [5.41, 5.74) is -0.464. The van der Waals surface area contributed by atoms with Crippen LogP contribution in [0.15, 0.2) is 0 Å². The Morgan fingerprint density at radius 3 is 1.02 bits per heavy atom. The lowest BCUT2D eigenvalue weighted by Gasteiger charge is -2.57. The zero-order valence-electron chi connectivity index (χ0n) is 26.7. The van der Waals surface area contributed by atoms with E-state index in [0.29, 0.717) is 53.9 Å². The highest BCUT2D eigenvalue weighted by Gasteiger charge is 2.60. The topological polar surface area (TPSA) is 51.2 Å². The van der Waals surface area contributed by atoms with Crippen molar-refractivity contribution in [3.8, 4) is 0 Å². The SMILES string of the molecule is CCC(=O)C1CCC(C(CC)(C(=O)C(CC)(C2CCCCC2)C2CCC(C(=O)CC)CC2)C2CCCCC2)CC1. The third-order valence-electron chi connectivity index (χ3n) is 13.2. The summed E-state index contributed by atoms with van der Waals surface area (Å²) in [5.74, 6) is 3.88. The van der Waals surface area contributed by atoms with E-state index in [-0.39, 0.29) is 22.7 Å². The summed E-state index contributed by atoms with van der Waals surface area (Å²) in [6.45, 7) is 8.74. The third-order valence-corrected chi connectivity index (χ3v) is 13.2. The van der Waals surface area contributed by atoms with Crippen LogP contribution in [0.2, 0.25) is 0 Å². The van der Waals surface area contributed by atoms with E-state index >= 15 is 4.79 Å². The molecule has 0 aliphatic heterocycles. The highest BCUT2D eigenvalue weighted by molar-refractivity contribution is 5.92. The summed E-state index contributed by atoms with van der Waals surface area (Å²) >= 11 is 0. The molecule has 4 aliphatic carbocycles. The van der Waals surface area contributed by atoms with Crippen LogP contribution in [0.5, 0.6) is 0 Å². The van der Waals surface area contributed by atoms with E-state index in [2.05, 4.69) is 13.8 Å². The van der Waals surface area contributed by atoms with Crippen LogP contribution in [0, 0.1) is 46.3 Å². The summed E-state index contributed by atoms with van der Waals surface area (Å²) in [6, 6.07) is 0. The molecule has 0 saturated heterocycles. The van der Waals surface area contributed by atoms with Crippen molar-refractivity contribution in [3.63, 3.8) is 0 Å². The summed E-state index contributed by atoms with van der Waals surface area (Å²) in [5, 5.41) is 0. The predicted octanol–water partition coefficient (Wildman–Crippen LogP) is 10.1. The quantitative estimate of drug-likeness (QED) is 0.241. The Morgan fingerprint density at radius 2 is 0.750 bits per heavy atom. The number of carbonyl (C=O) groups is 3. The second-order valence-corrected chi connectivity index (χ2v) is 14.5. The van der Waals surface area contributed by atoms with Gasteiger partial charge in [-0.2, -0.15) is 0 Å². The lowest BCUT2D eigenvalue weighted by atomic mass is 9.45. The van der Waals surface area contributed by atoms with Gasteiger partial charge in [0, 0.05) is 35.5 Å². The fourth-order valence-corrected chi connectivity index (χ4v) is 11.0. The molecule has 0 bridgehead atoms. The Morgan fingerprint density at radius 1 is 0.450 bits per heavy atom. The van der Waals surface area contributed by atoms with E-state index in [1.165, 1.54) is 64.2 Å². The average Bonchev–Trinajstić information content (AvgIpc) is 3.03. The first-order valence-corrected chi connectivity index (χ1v) is 18.0. The number of hydrogen-bond acceptors (Lipinski definition) is 3. The molecule has 2 atom stereocenters. The summed E-state index contributed by atoms with van der Waals surface area (Å²) in [4.78, 5) is 41.3. The number of hydrogen-bond donors (Lipinski definition) is 0. The van der Waals surface area contributed by atoms with Gasteiger partial charge in [0.15, 0.2) is 0 Å². The van der Waals surface area contributed by atoms with Gasteiger partial charge in [0.05, 0.1) is 0 Å². The number of Topliss-reactive ketones (excluding diaryl/α,β-unsaturated/α-hetero) is 3. The number of rotatable bonds is 12. The van der Waals surface area contributed by atoms with E-state index in [4.69, 9.17) is 0 Å². The van der Waals surface area contributed by atoms with Crippen LogP contribution >= 0.6 is 0 Å². The van der Waals surface area contributed by atoms with Crippen LogP contribution in [-0.2, 0) is 14.4 Å². The van der Waals surface area contributed by atoms with Crippen molar-refractivity contribution < 1.29 is 14.4 Å². The molecular formula is C37H62O3. The minimum atomic E-state index is -0.232. The molecule has 0 radical (unpaired) electrons. The number of ketones is 3. The molecule has 0 heterocycles. The first-order chi connectivity index (χ1) is 19.4. The van der Waals surface area contributed by atoms with E-state index < -0.39 is 0 Å². The lowest BCUT2D eigenvalue weighted by Crippen LogP contribution is -2.58. The molecule has 4 aliphatic rings. The minimum absolute atomic E-state index is 0.220. The average molecular weight is 555 g/mol. The highest BCUT2D eigenvalue weighted by Crippen LogP contribution is 2.61. The molecular weight excluding hydrogens is 492 g/mol. The number of carbonyl (C=O) groups excluding carboxylic acids is 3. The minimum Gasteiger partial charge on any atom is -0.299 e. The smallest absolute Gasteiger partial charge is 0.146 e. The van der Waals surface area contributed by atoms with Crippen LogP contribution in [-0.4, -0.2) is 17.3 Å². The van der Waals surface area contributed by atoms with Gasteiger partial charge in [0.25, 0.3) is 0 Å². The molecule has 4 saturated carbocycles. The van der Waals surface area contributed by atoms with Crippen molar-refractivity contribution in [3.05, 3.63) is 0 Å². The molecule has 0 aromatic heterocycles. The van der Waals surface area contributed by atoms with Crippen molar-refractivity contribution in [1.82, 2.24) is 0 Å². The summed E-state index contributed by atoms with van der Waals surface area (Å²) in [7, 11) is 0. The van der Waals surface area contributed by atoms with E-state index in [1.807, 2.05) is 13.8 Å². The highest BCUT2D eigenvalue weighted by atomic mass is 16.1. The second kappa shape index (κ2) is 14.5. The molecule has 3 heteroatoms. The standard InChI is InChI=1S/C37H62O3/c1-5-33(38)27-19-23-31(24-20-27)36(7-3,29-15-11-9-12-16-29)35(40)37(8-4,30-17-13-10-14-18-30)32-25-21-28(22-26-32)34(39)6-2/h27-32H,5-26H2,1-4H3. The van der Waals surface area contributed by atoms with Gasteiger partial charge in [-0.05, 0) is 114 Å². The van der Waals surface area contributed by atoms with Crippen LogP contribution in [0.4, 0.5) is 0 Å². The van der Waals surface area contributed by atoms with Gasteiger partial charge in [-0.3, -0.25) is 14.4 Å². The van der Waals surface area contributed by atoms with Gasteiger partial charge in [-0.15, -0.1) is 0 Å². The van der Waals surface area contributed by atoms with Gasteiger partial charge < -0.3 is 0 Å². The maximum absolute atomic E-state index is 16.0. The van der Waals surface area contributed by atoms with Crippen LogP contribution in [0.25, 0.3) is 0 Å². The summed E-state index contributed by atoms with van der Waals surface area (Å²) < 4.78 is 0. The van der Waals surface area contributed by atoms with E-state index in [1.54, 1.807) is 0 Å². The van der Waals surface area contributed by atoms with Gasteiger partial charge in [-0.25, -0.2) is 0 Å². The molecule has 2 unspecified atom stereocenters. The largest absolute Gasteiger partial charge is 0.299 e. The third kappa shape index (κ3) is 6.06. The Balaban J connectivity index is 1.73. The van der Waals surface area contributed by atoms with E-state index in [9.17, 15) is 9.59 Å². The fourth-order valence-electron chi connectivity index (χ4n) is 11.0. The Bertz CT molecular complexity index is 765. The van der Waals surface area contributed by atoms with Crippen molar-refractivity contribution in [2.24, 2.45) is 46.3 Å². The van der Waals surface area contributed by atoms with Crippen molar-refractivity contribution in [2.45, 2.75) is 169 Å². The Hall–Kier alpha value is -0.990. The first-order valence-electron chi connectivity index (χ1n) is 18.0. The van der Waals surface area contributed by atoms with Gasteiger partial charge in [0.1, 0.15) is 17.3 Å². The van der Waals surface area contributed by atoms with Crippen LogP contribution in [0.1, 0.15) is 169 Å². The molecule has 228 valence electrons. The van der Waals surface area contributed by atoms with Gasteiger partial charge in [0.2, 0.25) is 0 Å². The zero-order valence-corrected chi connectivity index (χ0v) is 26.7. The Labute approximate surface area is 246 Å². The van der Waals surface area contributed by atoms with Crippen molar-refractivity contribution in [2.75, 3.05) is 0 Å². The predicted molar refractivity (Wildman–Crippen MR) is 165 cm³/mol. The monoisotopic (exact) mass is 554 g/mol. The van der Waals surface area contributed by atoms with Crippen LogP contribution in [0.3, 0.4) is 0 Å². The van der Waals surface area contributed by atoms with Crippen molar-refractivity contribution >= 4 is 17.3 Å². The maximum atomic E-state index is 16.0. The molecule has 0 amide bonds. The second-order valence-electron chi connectivity index (χ2n) is 14.5. The molecule has 4 rings (SSSR count). The fraction of sp³-hybridized carbons (Fsp3) is 0.919. The molecule has 3 nitrogen and oxygen atoms in total. The molecule has 0 N–H and O–H groups in total. The molecule has 40 heavy (non-hydrogen) atoms. The first kappa shape index (κ1) is 31.9. The molecule has 0 aromatic rings.